The largest absolute Gasteiger partial charge is 0.496 e. The molecule has 3 heterocycles. The van der Waals surface area contributed by atoms with E-state index in [1.165, 1.54) is 35.2 Å². The molecule has 172 valence electrons. The van der Waals surface area contributed by atoms with Gasteiger partial charge >= 0.3 is 0 Å². The second kappa shape index (κ2) is 9.89. The van der Waals surface area contributed by atoms with Gasteiger partial charge in [0.15, 0.2) is 0 Å². The molecule has 1 unspecified atom stereocenters. The zero-order chi connectivity index (χ0) is 22.6. The molecule has 0 saturated carbocycles. The lowest BCUT2D eigenvalue weighted by Crippen LogP contribution is -2.35. The minimum atomic E-state index is 0.233. The number of hydrogen-bond acceptors (Lipinski definition) is 6. The number of benzene rings is 2. The van der Waals surface area contributed by atoms with Gasteiger partial charge < -0.3 is 15.4 Å². The molecule has 0 aliphatic carbocycles. The van der Waals surface area contributed by atoms with Gasteiger partial charge in [-0.25, -0.2) is 9.97 Å². The first-order valence-corrected chi connectivity index (χ1v) is 12.0. The Hall–Kier alpha value is -2.96. The summed E-state index contributed by atoms with van der Waals surface area (Å²) in [5.41, 5.74) is 6.09. The van der Waals surface area contributed by atoms with E-state index in [0.29, 0.717) is 0 Å². The zero-order valence-corrected chi connectivity index (χ0v) is 19.6. The molecule has 0 radical (unpaired) electrons. The van der Waals surface area contributed by atoms with Crippen LogP contribution < -0.4 is 15.4 Å². The van der Waals surface area contributed by atoms with Gasteiger partial charge in [0.25, 0.3) is 0 Å². The third-order valence-electron chi connectivity index (χ3n) is 6.89. The van der Waals surface area contributed by atoms with Crippen molar-refractivity contribution in [3.8, 4) is 16.9 Å². The Kier molecular flexibility index (Phi) is 6.55. The van der Waals surface area contributed by atoms with Gasteiger partial charge in [-0.2, -0.15) is 0 Å². The van der Waals surface area contributed by atoms with Gasteiger partial charge in [0.1, 0.15) is 17.4 Å². The number of aromatic nitrogens is 2. The topological polar surface area (TPSA) is 62.3 Å². The molecule has 2 aliphatic rings. The first-order chi connectivity index (χ1) is 16.3. The van der Waals surface area contributed by atoms with Crippen LogP contribution in [0.15, 0.2) is 48.5 Å². The van der Waals surface area contributed by atoms with Crippen LogP contribution in [-0.4, -0.2) is 42.1 Å². The standard InChI is InChI=1S/C27H33N5O/c1-28-26-22-17-29-15-14-23(22)30-27(31-26)24-12-7-8-16-32(24)18-19-9-3-4-10-20(19)21-11-5-6-13-25(21)33-2/h3-6,9-11,13,24,29H,7-8,12,14-18H2,1-2H3,(H,28,30,31). The lowest BCUT2D eigenvalue weighted by molar-refractivity contribution is 0.134. The molecule has 6 nitrogen and oxygen atoms in total. The number of rotatable bonds is 6. The Morgan fingerprint density at radius 1 is 1.06 bits per heavy atom. The molecule has 33 heavy (non-hydrogen) atoms. The molecule has 2 aliphatic heterocycles. The molecular formula is C27H33N5O. The zero-order valence-electron chi connectivity index (χ0n) is 19.6. The van der Waals surface area contributed by atoms with Gasteiger partial charge in [-0.3, -0.25) is 4.90 Å². The van der Waals surface area contributed by atoms with Gasteiger partial charge in [0, 0.05) is 44.2 Å². The van der Waals surface area contributed by atoms with Gasteiger partial charge in [-0.05, 0) is 36.6 Å². The molecule has 5 rings (SSSR count). The molecule has 1 atom stereocenters. The van der Waals surface area contributed by atoms with Crippen molar-refractivity contribution in [3.63, 3.8) is 0 Å². The average Bonchev–Trinajstić information content (AvgIpc) is 2.88. The molecular weight excluding hydrogens is 410 g/mol. The highest BCUT2D eigenvalue weighted by molar-refractivity contribution is 5.73. The fourth-order valence-corrected chi connectivity index (χ4v) is 5.20. The quantitative estimate of drug-likeness (QED) is 0.582. The van der Waals surface area contributed by atoms with Crippen molar-refractivity contribution in [2.45, 2.75) is 44.8 Å². The Morgan fingerprint density at radius 3 is 2.73 bits per heavy atom. The molecule has 1 fully saturated rings. The summed E-state index contributed by atoms with van der Waals surface area (Å²) in [4.78, 5) is 12.7. The van der Waals surface area contributed by atoms with Gasteiger partial charge in [-0.1, -0.05) is 48.9 Å². The summed E-state index contributed by atoms with van der Waals surface area (Å²) in [5, 5.41) is 6.77. The Labute approximate surface area is 196 Å². The summed E-state index contributed by atoms with van der Waals surface area (Å²) in [7, 11) is 3.70. The number of nitrogens with zero attached hydrogens (tertiary/aromatic N) is 3. The van der Waals surface area contributed by atoms with Crippen LogP contribution in [0.3, 0.4) is 0 Å². The fourth-order valence-electron chi connectivity index (χ4n) is 5.20. The van der Waals surface area contributed by atoms with E-state index < -0.39 is 0 Å². The number of nitrogens with one attached hydrogen (secondary N) is 2. The van der Waals surface area contributed by atoms with E-state index in [-0.39, 0.29) is 6.04 Å². The maximum absolute atomic E-state index is 5.67. The first-order valence-electron chi connectivity index (χ1n) is 12.0. The molecule has 1 saturated heterocycles. The Bertz CT molecular complexity index is 1100. The predicted octanol–water partition coefficient (Wildman–Crippen LogP) is 4.57. The highest BCUT2D eigenvalue weighted by Gasteiger charge is 2.29. The van der Waals surface area contributed by atoms with Crippen molar-refractivity contribution in [2.24, 2.45) is 0 Å². The van der Waals surface area contributed by atoms with Crippen LogP contribution in [0.25, 0.3) is 11.1 Å². The van der Waals surface area contributed by atoms with Crippen LogP contribution >= 0.6 is 0 Å². The number of hydrogen-bond donors (Lipinski definition) is 2. The smallest absolute Gasteiger partial charge is 0.148 e. The summed E-state index contributed by atoms with van der Waals surface area (Å²) in [6, 6.07) is 17.2. The highest BCUT2D eigenvalue weighted by atomic mass is 16.5. The minimum Gasteiger partial charge on any atom is -0.496 e. The van der Waals surface area contributed by atoms with Crippen molar-refractivity contribution < 1.29 is 4.74 Å². The highest BCUT2D eigenvalue weighted by Crippen LogP contribution is 2.36. The van der Waals surface area contributed by atoms with Crippen LogP contribution in [0.2, 0.25) is 0 Å². The summed E-state index contributed by atoms with van der Waals surface area (Å²) in [6.45, 7) is 3.75. The predicted molar refractivity (Wildman–Crippen MR) is 132 cm³/mol. The molecule has 2 aromatic carbocycles. The number of anilines is 1. The number of fused-ring (bicyclic) bond motifs is 1. The summed E-state index contributed by atoms with van der Waals surface area (Å²) in [6.07, 6.45) is 4.48. The van der Waals surface area contributed by atoms with E-state index in [4.69, 9.17) is 14.7 Å². The van der Waals surface area contributed by atoms with E-state index in [1.807, 2.05) is 19.2 Å². The van der Waals surface area contributed by atoms with Gasteiger partial charge in [0.2, 0.25) is 0 Å². The van der Waals surface area contributed by atoms with Gasteiger partial charge in [0.05, 0.1) is 18.8 Å². The SMILES string of the molecule is CNc1nc(C2CCCCN2Cc2ccccc2-c2ccccc2OC)nc2c1CNCC2. The van der Waals surface area contributed by atoms with Crippen LogP contribution in [0.5, 0.6) is 5.75 Å². The Morgan fingerprint density at radius 2 is 1.88 bits per heavy atom. The monoisotopic (exact) mass is 443 g/mol. The van der Waals surface area contributed by atoms with E-state index in [2.05, 4.69) is 51.9 Å². The van der Waals surface area contributed by atoms with Crippen molar-refractivity contribution in [3.05, 3.63) is 71.2 Å². The number of likely N-dealkylation sites (tertiary alicyclic amines) is 1. The molecule has 1 aromatic heterocycles. The summed E-state index contributed by atoms with van der Waals surface area (Å²) >= 11 is 0. The van der Waals surface area contributed by atoms with Crippen LogP contribution in [0, 0.1) is 0 Å². The normalized spacial score (nSPS) is 18.5. The van der Waals surface area contributed by atoms with Gasteiger partial charge in [-0.15, -0.1) is 0 Å². The van der Waals surface area contributed by atoms with E-state index in [0.717, 1.165) is 62.0 Å². The molecule has 0 amide bonds. The van der Waals surface area contributed by atoms with Crippen molar-refractivity contribution in [1.29, 1.82) is 0 Å². The third-order valence-corrected chi connectivity index (χ3v) is 6.89. The number of methoxy groups -OCH3 is 1. The van der Waals surface area contributed by atoms with Crippen molar-refractivity contribution in [2.75, 3.05) is 32.6 Å². The molecule has 6 heteroatoms. The van der Waals surface area contributed by atoms with Crippen molar-refractivity contribution in [1.82, 2.24) is 20.2 Å². The third kappa shape index (κ3) is 4.45. The number of para-hydroxylation sites is 1. The summed E-state index contributed by atoms with van der Waals surface area (Å²) < 4.78 is 5.67. The van der Waals surface area contributed by atoms with Crippen LogP contribution in [0.1, 0.15) is 47.9 Å². The second-order valence-corrected chi connectivity index (χ2v) is 8.87. The minimum absolute atomic E-state index is 0.233. The van der Waals surface area contributed by atoms with Crippen LogP contribution in [0.4, 0.5) is 5.82 Å². The lowest BCUT2D eigenvalue weighted by Gasteiger charge is -2.36. The van der Waals surface area contributed by atoms with E-state index in [9.17, 15) is 0 Å². The average molecular weight is 444 g/mol. The maximum Gasteiger partial charge on any atom is 0.148 e. The number of piperidine rings is 1. The molecule has 0 spiro atoms. The summed E-state index contributed by atoms with van der Waals surface area (Å²) in [5.74, 6) is 2.85. The first kappa shape index (κ1) is 21.9. The Balaban J connectivity index is 1.48. The molecule has 0 bridgehead atoms. The maximum atomic E-state index is 5.67. The molecule has 3 aromatic rings. The van der Waals surface area contributed by atoms with Crippen molar-refractivity contribution >= 4 is 5.82 Å². The lowest BCUT2D eigenvalue weighted by atomic mass is 9.95. The molecule has 2 N–H and O–H groups in total. The number of ether oxygens (including phenoxy) is 1. The fraction of sp³-hybridized carbons (Fsp3) is 0.407. The van der Waals surface area contributed by atoms with E-state index >= 15 is 0 Å². The second-order valence-electron chi connectivity index (χ2n) is 8.87. The van der Waals surface area contributed by atoms with E-state index in [1.54, 1.807) is 7.11 Å². The van der Waals surface area contributed by atoms with Crippen LogP contribution in [-0.2, 0) is 19.5 Å².